The summed E-state index contributed by atoms with van der Waals surface area (Å²) in [7, 11) is 1.73. The van der Waals surface area contributed by atoms with Crippen molar-refractivity contribution >= 4 is 5.82 Å². The summed E-state index contributed by atoms with van der Waals surface area (Å²) >= 11 is 0. The molecule has 0 radical (unpaired) electrons. The molecule has 3 heteroatoms. The van der Waals surface area contributed by atoms with Gasteiger partial charge in [0.25, 0.3) is 0 Å². The Labute approximate surface area is 91.9 Å². The molecule has 0 fully saturated rings. The highest BCUT2D eigenvalue weighted by Crippen LogP contribution is 2.12. The van der Waals surface area contributed by atoms with E-state index in [2.05, 4.69) is 30.2 Å². The van der Waals surface area contributed by atoms with Crippen LogP contribution in [0.5, 0.6) is 0 Å². The summed E-state index contributed by atoms with van der Waals surface area (Å²) in [5.41, 5.74) is 1.18. The van der Waals surface area contributed by atoms with Crippen molar-refractivity contribution in [2.45, 2.75) is 32.7 Å². The third kappa shape index (κ3) is 3.88. The number of aryl methyl sites for hydroxylation is 1. The number of ether oxygens (including phenoxy) is 1. The fourth-order valence-corrected chi connectivity index (χ4v) is 1.58. The van der Waals surface area contributed by atoms with Crippen LogP contribution in [0.1, 0.15) is 25.3 Å². The van der Waals surface area contributed by atoms with Crippen molar-refractivity contribution < 1.29 is 4.74 Å². The first-order valence-corrected chi connectivity index (χ1v) is 5.45. The van der Waals surface area contributed by atoms with Gasteiger partial charge in [0.15, 0.2) is 0 Å². The van der Waals surface area contributed by atoms with Crippen molar-refractivity contribution in [1.29, 1.82) is 0 Å². The molecule has 84 valence electrons. The van der Waals surface area contributed by atoms with Gasteiger partial charge in [-0.3, -0.25) is 0 Å². The first-order chi connectivity index (χ1) is 7.27. The minimum absolute atomic E-state index is 0.355. The molecule has 1 heterocycles. The summed E-state index contributed by atoms with van der Waals surface area (Å²) < 4.78 is 5.18. The minimum atomic E-state index is 0.355. The molecule has 0 aliphatic rings. The molecule has 1 aromatic heterocycles. The molecule has 0 aliphatic heterocycles. The maximum absolute atomic E-state index is 5.18. The number of methoxy groups -OCH3 is 1. The molecule has 0 amide bonds. The van der Waals surface area contributed by atoms with E-state index in [1.54, 1.807) is 7.11 Å². The summed E-state index contributed by atoms with van der Waals surface area (Å²) in [6.45, 7) is 4.96. The molecule has 1 unspecified atom stereocenters. The van der Waals surface area contributed by atoms with Gasteiger partial charge in [-0.15, -0.1) is 0 Å². The number of nitrogens with zero attached hydrogens (tertiary/aromatic N) is 1. The molecule has 0 spiro atoms. The topological polar surface area (TPSA) is 34.1 Å². The lowest BCUT2D eigenvalue weighted by Gasteiger charge is -2.18. The maximum atomic E-state index is 5.18. The number of rotatable bonds is 6. The summed E-state index contributed by atoms with van der Waals surface area (Å²) in [6.07, 6.45) is 4.06. The second-order valence-corrected chi connectivity index (χ2v) is 3.75. The van der Waals surface area contributed by atoms with Crippen LogP contribution >= 0.6 is 0 Å². The second-order valence-electron chi connectivity index (χ2n) is 3.75. The van der Waals surface area contributed by atoms with Crippen molar-refractivity contribution in [3.63, 3.8) is 0 Å². The Balaban J connectivity index is 2.60. The minimum Gasteiger partial charge on any atom is -0.383 e. The molecule has 1 rings (SSSR count). The van der Waals surface area contributed by atoms with Crippen LogP contribution in [0.2, 0.25) is 0 Å². The molecule has 15 heavy (non-hydrogen) atoms. The Morgan fingerprint density at radius 3 is 2.93 bits per heavy atom. The predicted octanol–water partition coefficient (Wildman–Crippen LogP) is 2.62. The van der Waals surface area contributed by atoms with Crippen LogP contribution in [0.15, 0.2) is 18.3 Å². The van der Waals surface area contributed by atoms with Gasteiger partial charge in [0.1, 0.15) is 5.82 Å². The predicted molar refractivity (Wildman–Crippen MR) is 63.2 cm³/mol. The number of hydrogen-bond acceptors (Lipinski definition) is 3. The molecule has 0 aliphatic carbocycles. The lowest BCUT2D eigenvalue weighted by Crippen LogP contribution is -2.25. The van der Waals surface area contributed by atoms with Crippen LogP contribution in [-0.4, -0.2) is 24.7 Å². The average molecular weight is 208 g/mol. The normalized spacial score (nSPS) is 12.5. The van der Waals surface area contributed by atoms with E-state index >= 15 is 0 Å². The molecule has 3 nitrogen and oxygen atoms in total. The molecule has 1 N–H and O–H groups in total. The van der Waals surface area contributed by atoms with Crippen molar-refractivity contribution in [1.82, 2.24) is 4.98 Å². The highest BCUT2D eigenvalue weighted by molar-refractivity contribution is 5.43. The largest absolute Gasteiger partial charge is 0.383 e. The van der Waals surface area contributed by atoms with E-state index in [4.69, 9.17) is 4.74 Å². The Morgan fingerprint density at radius 2 is 2.33 bits per heavy atom. The van der Waals surface area contributed by atoms with Gasteiger partial charge >= 0.3 is 0 Å². The number of anilines is 1. The van der Waals surface area contributed by atoms with Crippen LogP contribution < -0.4 is 5.32 Å². The van der Waals surface area contributed by atoms with Gasteiger partial charge in [0.05, 0.1) is 12.6 Å². The van der Waals surface area contributed by atoms with Crippen LogP contribution in [0, 0.1) is 6.92 Å². The lowest BCUT2D eigenvalue weighted by atomic mass is 10.1. The third-order valence-corrected chi connectivity index (χ3v) is 2.36. The van der Waals surface area contributed by atoms with E-state index in [1.165, 1.54) is 5.56 Å². The summed E-state index contributed by atoms with van der Waals surface area (Å²) in [5.74, 6) is 0.966. The first kappa shape index (κ1) is 12.0. The fourth-order valence-electron chi connectivity index (χ4n) is 1.58. The molecule has 1 atom stereocenters. The van der Waals surface area contributed by atoms with Gasteiger partial charge in [-0.1, -0.05) is 19.4 Å². The van der Waals surface area contributed by atoms with Gasteiger partial charge in [-0.25, -0.2) is 4.98 Å². The van der Waals surface area contributed by atoms with Crippen molar-refractivity contribution in [3.05, 3.63) is 23.9 Å². The SMILES string of the molecule is CCCC(COC)Nc1ncccc1C. The summed E-state index contributed by atoms with van der Waals surface area (Å²) in [4.78, 5) is 4.32. The van der Waals surface area contributed by atoms with Gasteiger partial charge in [0.2, 0.25) is 0 Å². The standard InChI is InChI=1S/C12H20N2O/c1-4-6-11(9-15-3)14-12-10(2)7-5-8-13-12/h5,7-8,11H,4,6,9H2,1-3H3,(H,13,14). The molecule has 0 bridgehead atoms. The third-order valence-electron chi connectivity index (χ3n) is 2.36. The van der Waals surface area contributed by atoms with Crippen LogP contribution in [0.3, 0.4) is 0 Å². The molecule has 0 aromatic carbocycles. The smallest absolute Gasteiger partial charge is 0.129 e. The van der Waals surface area contributed by atoms with Gasteiger partial charge in [-0.2, -0.15) is 0 Å². The van der Waals surface area contributed by atoms with E-state index < -0.39 is 0 Å². The van der Waals surface area contributed by atoms with Crippen molar-refractivity contribution in [2.75, 3.05) is 19.0 Å². The summed E-state index contributed by atoms with van der Waals surface area (Å²) in [5, 5.41) is 3.41. The number of pyridine rings is 1. The highest BCUT2D eigenvalue weighted by Gasteiger charge is 2.08. The molecule has 0 saturated heterocycles. The number of nitrogens with one attached hydrogen (secondary N) is 1. The first-order valence-electron chi connectivity index (χ1n) is 5.45. The highest BCUT2D eigenvalue weighted by atomic mass is 16.5. The zero-order valence-corrected chi connectivity index (χ0v) is 9.79. The molecular formula is C12H20N2O. The van der Waals surface area contributed by atoms with Gasteiger partial charge < -0.3 is 10.1 Å². The molecule has 1 aromatic rings. The Morgan fingerprint density at radius 1 is 1.53 bits per heavy atom. The Hall–Kier alpha value is -1.09. The molecular weight excluding hydrogens is 188 g/mol. The lowest BCUT2D eigenvalue weighted by molar-refractivity contribution is 0.182. The quantitative estimate of drug-likeness (QED) is 0.780. The van der Waals surface area contributed by atoms with Crippen LogP contribution in [0.25, 0.3) is 0 Å². The summed E-state index contributed by atoms with van der Waals surface area (Å²) in [6, 6.07) is 4.37. The van der Waals surface area contributed by atoms with E-state index in [9.17, 15) is 0 Å². The van der Waals surface area contributed by atoms with Gasteiger partial charge in [0, 0.05) is 13.3 Å². The van der Waals surface area contributed by atoms with Crippen molar-refractivity contribution in [2.24, 2.45) is 0 Å². The van der Waals surface area contributed by atoms with Crippen LogP contribution in [-0.2, 0) is 4.74 Å². The van der Waals surface area contributed by atoms with E-state index in [1.807, 2.05) is 12.3 Å². The molecule has 0 saturated carbocycles. The van der Waals surface area contributed by atoms with E-state index in [0.29, 0.717) is 6.04 Å². The Bertz CT molecular complexity index is 283. The maximum Gasteiger partial charge on any atom is 0.129 e. The second kappa shape index (κ2) is 6.40. The van der Waals surface area contributed by atoms with Crippen LogP contribution in [0.4, 0.5) is 5.82 Å². The zero-order valence-electron chi connectivity index (χ0n) is 9.79. The monoisotopic (exact) mass is 208 g/mol. The average Bonchev–Trinajstić information content (AvgIpc) is 2.22. The number of aromatic nitrogens is 1. The van der Waals surface area contributed by atoms with Gasteiger partial charge in [-0.05, 0) is 25.0 Å². The van der Waals surface area contributed by atoms with Crippen molar-refractivity contribution in [3.8, 4) is 0 Å². The number of hydrogen-bond donors (Lipinski definition) is 1. The zero-order chi connectivity index (χ0) is 11.1. The van der Waals surface area contributed by atoms with E-state index in [-0.39, 0.29) is 0 Å². The Kier molecular flexibility index (Phi) is 5.12. The fraction of sp³-hybridized carbons (Fsp3) is 0.583. The van der Waals surface area contributed by atoms with E-state index in [0.717, 1.165) is 25.3 Å².